The largest absolute Gasteiger partial charge is 0.455 e. The smallest absolute Gasteiger partial charge is 0.315 e. The van der Waals surface area contributed by atoms with Gasteiger partial charge in [-0.2, -0.15) is 0 Å². The van der Waals surface area contributed by atoms with E-state index in [1.165, 1.54) is 6.92 Å². The summed E-state index contributed by atoms with van der Waals surface area (Å²) in [5.74, 6) is -1.26. The molecule has 6 nitrogen and oxygen atoms in total. The van der Waals surface area contributed by atoms with Gasteiger partial charge in [0, 0.05) is 24.7 Å². The van der Waals surface area contributed by atoms with Gasteiger partial charge in [0.1, 0.15) is 9.75 Å². The third kappa shape index (κ3) is 4.14. The van der Waals surface area contributed by atoms with Gasteiger partial charge in [-0.15, -0.1) is 23.2 Å². The summed E-state index contributed by atoms with van der Waals surface area (Å²) >= 11 is 11.7. The van der Waals surface area contributed by atoms with Crippen LogP contribution in [0.3, 0.4) is 0 Å². The van der Waals surface area contributed by atoms with Crippen LogP contribution in [0.2, 0.25) is 0 Å². The summed E-state index contributed by atoms with van der Waals surface area (Å²) in [5.41, 5.74) is 0.169. The number of carbonyl (C=O) groups excluding carboxylic acids is 3. The molecule has 0 aliphatic heterocycles. The molecule has 1 fully saturated rings. The highest BCUT2D eigenvalue weighted by Crippen LogP contribution is 2.64. The molecule has 1 saturated carbocycles. The van der Waals surface area contributed by atoms with Crippen LogP contribution in [0.15, 0.2) is 24.3 Å². The maximum Gasteiger partial charge on any atom is 0.315 e. The highest BCUT2D eigenvalue weighted by Gasteiger charge is 2.69. The number of hydrogen-bond donors (Lipinski definition) is 2. The Kier molecular flexibility index (Phi) is 4.87. The molecule has 1 aromatic carbocycles. The summed E-state index contributed by atoms with van der Waals surface area (Å²) in [6, 6.07) is 6.53. The lowest BCUT2D eigenvalue weighted by atomic mass is 10.1. The number of nitrogens with one attached hydrogen (secondary N) is 2. The van der Waals surface area contributed by atoms with Gasteiger partial charge in [-0.25, -0.2) is 0 Å². The number of anilines is 2. The zero-order chi connectivity index (χ0) is 17.3. The fraction of sp³-hybridized carbons (Fsp3) is 0.400. The molecule has 1 aliphatic carbocycles. The molecule has 0 aromatic heterocycles. The standard InChI is InChI=1S/C15H16Cl2N2O4/c1-9(20)18-10-3-5-11(6-4-10)19-12(21)7-23-13(22)14(2)8-15(14,16)17/h3-6H,7-8H2,1-2H3,(H,18,20)(H,19,21)/t14-/m0/s1. The van der Waals surface area contributed by atoms with Crippen molar-refractivity contribution in [2.45, 2.75) is 24.6 Å². The summed E-state index contributed by atoms with van der Waals surface area (Å²) in [6.45, 7) is 2.57. The minimum atomic E-state index is -1.12. The first kappa shape index (κ1) is 17.6. The number of carbonyl (C=O) groups is 3. The molecule has 0 radical (unpaired) electrons. The lowest BCUT2D eigenvalue weighted by Crippen LogP contribution is -2.26. The number of ether oxygens (including phenoxy) is 1. The molecule has 2 amide bonds. The van der Waals surface area contributed by atoms with Crippen LogP contribution in [0, 0.1) is 5.41 Å². The highest BCUT2D eigenvalue weighted by atomic mass is 35.5. The second-order valence-corrected chi connectivity index (χ2v) is 7.08. The van der Waals surface area contributed by atoms with Crippen LogP contribution in [0.25, 0.3) is 0 Å². The van der Waals surface area contributed by atoms with Crippen LogP contribution in [0.4, 0.5) is 11.4 Å². The molecule has 124 valence electrons. The molecule has 1 aliphatic rings. The van der Waals surface area contributed by atoms with Crippen molar-refractivity contribution in [2.24, 2.45) is 5.41 Å². The summed E-state index contributed by atoms with van der Waals surface area (Å²) in [7, 11) is 0. The van der Waals surface area contributed by atoms with E-state index < -0.39 is 28.2 Å². The summed E-state index contributed by atoms with van der Waals surface area (Å²) in [5, 5.41) is 5.19. The van der Waals surface area contributed by atoms with Crippen molar-refractivity contribution in [1.29, 1.82) is 0 Å². The van der Waals surface area contributed by atoms with Gasteiger partial charge < -0.3 is 15.4 Å². The van der Waals surface area contributed by atoms with Gasteiger partial charge in [-0.1, -0.05) is 0 Å². The van der Waals surface area contributed by atoms with Crippen molar-refractivity contribution in [2.75, 3.05) is 17.2 Å². The Morgan fingerprint density at radius 2 is 1.61 bits per heavy atom. The van der Waals surface area contributed by atoms with Crippen molar-refractivity contribution >= 4 is 52.4 Å². The van der Waals surface area contributed by atoms with Gasteiger partial charge in [0.2, 0.25) is 5.91 Å². The fourth-order valence-corrected chi connectivity index (χ4v) is 2.64. The third-order valence-electron chi connectivity index (χ3n) is 3.53. The Labute approximate surface area is 143 Å². The first-order valence-corrected chi connectivity index (χ1v) is 7.62. The first-order chi connectivity index (χ1) is 10.6. The quantitative estimate of drug-likeness (QED) is 0.625. The van der Waals surface area contributed by atoms with Gasteiger partial charge in [0.25, 0.3) is 5.91 Å². The monoisotopic (exact) mass is 358 g/mol. The number of rotatable bonds is 5. The molecule has 0 bridgehead atoms. The molecule has 2 N–H and O–H groups in total. The second kappa shape index (κ2) is 6.37. The average molecular weight is 359 g/mol. The van der Waals surface area contributed by atoms with E-state index >= 15 is 0 Å². The van der Waals surface area contributed by atoms with Crippen LogP contribution in [-0.4, -0.2) is 28.7 Å². The first-order valence-electron chi connectivity index (χ1n) is 6.87. The van der Waals surface area contributed by atoms with E-state index in [4.69, 9.17) is 27.9 Å². The molecule has 0 heterocycles. The van der Waals surface area contributed by atoms with Gasteiger partial charge >= 0.3 is 5.97 Å². The van der Waals surface area contributed by atoms with Crippen LogP contribution < -0.4 is 10.6 Å². The van der Waals surface area contributed by atoms with Crippen LogP contribution in [0.5, 0.6) is 0 Å². The maximum atomic E-state index is 11.8. The Hall–Kier alpha value is -1.79. The van der Waals surface area contributed by atoms with E-state index in [1.807, 2.05) is 0 Å². The van der Waals surface area contributed by atoms with Crippen LogP contribution in [0.1, 0.15) is 20.3 Å². The zero-order valence-corrected chi connectivity index (χ0v) is 14.1. The summed E-state index contributed by atoms with van der Waals surface area (Å²) in [6.07, 6.45) is 0.300. The summed E-state index contributed by atoms with van der Waals surface area (Å²) in [4.78, 5) is 34.5. The van der Waals surface area contributed by atoms with Crippen LogP contribution >= 0.6 is 23.2 Å². The number of hydrogen-bond acceptors (Lipinski definition) is 4. The third-order valence-corrected chi connectivity index (χ3v) is 4.63. The molecule has 23 heavy (non-hydrogen) atoms. The molecule has 0 unspecified atom stereocenters. The van der Waals surface area contributed by atoms with Crippen LogP contribution in [-0.2, 0) is 19.1 Å². The number of benzene rings is 1. The minimum Gasteiger partial charge on any atom is -0.455 e. The highest BCUT2D eigenvalue weighted by molar-refractivity contribution is 6.53. The average Bonchev–Trinajstić information content (AvgIpc) is 2.98. The van der Waals surface area contributed by atoms with Crippen molar-refractivity contribution in [3.05, 3.63) is 24.3 Å². The molecule has 8 heteroatoms. The molecule has 0 saturated heterocycles. The molecule has 1 atom stereocenters. The van der Waals surface area contributed by atoms with E-state index in [1.54, 1.807) is 31.2 Å². The Morgan fingerprint density at radius 1 is 1.13 bits per heavy atom. The number of alkyl halides is 2. The lowest BCUT2D eigenvalue weighted by molar-refractivity contribution is -0.152. The topological polar surface area (TPSA) is 84.5 Å². The number of esters is 1. The van der Waals surface area contributed by atoms with Gasteiger partial charge in [-0.05, 0) is 31.2 Å². The molecular formula is C15H16Cl2N2O4. The predicted octanol–water partition coefficient (Wildman–Crippen LogP) is 2.71. The van der Waals surface area contributed by atoms with E-state index in [9.17, 15) is 14.4 Å². The normalized spacial score (nSPS) is 21.2. The fourth-order valence-electron chi connectivity index (χ4n) is 1.95. The Bertz CT molecular complexity index is 645. The van der Waals surface area contributed by atoms with Crippen molar-refractivity contribution in [1.82, 2.24) is 0 Å². The molecular weight excluding hydrogens is 343 g/mol. The van der Waals surface area contributed by atoms with Gasteiger partial charge in [0.05, 0.1) is 0 Å². The van der Waals surface area contributed by atoms with E-state index in [-0.39, 0.29) is 5.91 Å². The second-order valence-electron chi connectivity index (χ2n) is 5.60. The van der Waals surface area contributed by atoms with Crippen molar-refractivity contribution in [3.8, 4) is 0 Å². The van der Waals surface area contributed by atoms with E-state index in [0.29, 0.717) is 17.8 Å². The van der Waals surface area contributed by atoms with E-state index in [0.717, 1.165) is 0 Å². The lowest BCUT2D eigenvalue weighted by Gasteiger charge is -2.12. The Balaban J connectivity index is 1.81. The maximum absolute atomic E-state index is 11.8. The molecule has 2 rings (SSSR count). The summed E-state index contributed by atoms with van der Waals surface area (Å²) < 4.78 is 3.81. The number of halogens is 2. The zero-order valence-electron chi connectivity index (χ0n) is 12.6. The Morgan fingerprint density at radius 3 is 2.04 bits per heavy atom. The number of amides is 2. The van der Waals surface area contributed by atoms with Gasteiger partial charge in [0.15, 0.2) is 6.61 Å². The predicted molar refractivity (Wildman–Crippen MR) is 87.5 cm³/mol. The van der Waals surface area contributed by atoms with E-state index in [2.05, 4.69) is 10.6 Å². The molecule has 1 aromatic rings. The van der Waals surface area contributed by atoms with Gasteiger partial charge in [-0.3, -0.25) is 14.4 Å². The van der Waals surface area contributed by atoms with Crippen molar-refractivity contribution in [3.63, 3.8) is 0 Å². The minimum absolute atomic E-state index is 0.183. The molecule has 0 spiro atoms. The van der Waals surface area contributed by atoms with Crippen molar-refractivity contribution < 1.29 is 19.1 Å². The SMILES string of the molecule is CC(=O)Nc1ccc(NC(=O)COC(=O)[C@]2(C)CC2(Cl)Cl)cc1.